The van der Waals surface area contributed by atoms with Crippen molar-refractivity contribution in [2.24, 2.45) is 0 Å². The Morgan fingerprint density at radius 2 is 1.62 bits per heavy atom. The molecule has 0 aromatic heterocycles. The fourth-order valence-corrected chi connectivity index (χ4v) is 2.52. The summed E-state index contributed by atoms with van der Waals surface area (Å²) in [6.07, 6.45) is 0. The lowest BCUT2D eigenvalue weighted by Crippen LogP contribution is -2.23. The number of hydrogen-bond donors (Lipinski definition) is 1. The van der Waals surface area contributed by atoms with Crippen LogP contribution in [-0.2, 0) is 6.54 Å². The second-order valence-electron chi connectivity index (χ2n) is 5.20. The first kappa shape index (κ1) is 17.9. The Kier molecular flexibility index (Phi) is 5.93. The quantitative estimate of drug-likeness (QED) is 0.865. The van der Waals surface area contributed by atoms with Gasteiger partial charge >= 0.3 is 0 Å². The summed E-state index contributed by atoms with van der Waals surface area (Å²) in [5, 5.41) is 3.38. The Hall–Kier alpha value is -2.40. The minimum Gasteiger partial charge on any atom is -0.497 e. The molecule has 1 amide bonds. The Bertz CT molecular complexity index is 724. The van der Waals surface area contributed by atoms with E-state index in [4.69, 9.17) is 25.8 Å². The lowest BCUT2D eigenvalue weighted by atomic mass is 10.1. The van der Waals surface area contributed by atoms with Crippen molar-refractivity contribution < 1.29 is 19.0 Å². The van der Waals surface area contributed by atoms with Crippen LogP contribution in [0.15, 0.2) is 30.3 Å². The molecule has 0 fully saturated rings. The average molecular weight is 350 g/mol. The standard InChI is InChI=1S/C18H20ClNO4/c1-11-5-17(24-4)16(19)8-13(11)10-20-18(21)12-6-14(22-2)9-15(7-12)23-3/h5-9H,10H2,1-4H3,(H,20,21). The molecule has 0 aliphatic heterocycles. The molecule has 0 heterocycles. The van der Waals surface area contributed by atoms with Crippen LogP contribution < -0.4 is 19.5 Å². The first-order chi connectivity index (χ1) is 11.5. The van der Waals surface area contributed by atoms with Gasteiger partial charge in [0.2, 0.25) is 0 Å². The van der Waals surface area contributed by atoms with E-state index in [1.54, 1.807) is 45.6 Å². The predicted molar refractivity (Wildman–Crippen MR) is 93.5 cm³/mol. The zero-order chi connectivity index (χ0) is 17.7. The van der Waals surface area contributed by atoms with Crippen molar-refractivity contribution in [1.29, 1.82) is 0 Å². The molecular formula is C18H20ClNO4. The second kappa shape index (κ2) is 7.93. The van der Waals surface area contributed by atoms with Gasteiger partial charge in [-0.05, 0) is 42.3 Å². The van der Waals surface area contributed by atoms with Gasteiger partial charge < -0.3 is 19.5 Å². The zero-order valence-electron chi connectivity index (χ0n) is 14.1. The van der Waals surface area contributed by atoms with Gasteiger partial charge in [-0.1, -0.05) is 11.6 Å². The molecule has 128 valence electrons. The van der Waals surface area contributed by atoms with Crippen molar-refractivity contribution in [1.82, 2.24) is 5.32 Å². The Balaban J connectivity index is 2.15. The van der Waals surface area contributed by atoms with Gasteiger partial charge in [-0.3, -0.25) is 4.79 Å². The summed E-state index contributed by atoms with van der Waals surface area (Å²) >= 11 is 6.14. The van der Waals surface area contributed by atoms with Crippen LogP contribution in [0.1, 0.15) is 21.5 Å². The molecule has 0 bridgehead atoms. The van der Waals surface area contributed by atoms with Crippen LogP contribution in [0.2, 0.25) is 5.02 Å². The Morgan fingerprint density at radius 3 is 2.17 bits per heavy atom. The van der Waals surface area contributed by atoms with Gasteiger partial charge in [0.05, 0.1) is 26.4 Å². The Labute approximate surface area is 146 Å². The highest BCUT2D eigenvalue weighted by atomic mass is 35.5. The average Bonchev–Trinajstić information content (AvgIpc) is 2.61. The molecule has 0 radical (unpaired) electrons. The molecule has 0 saturated carbocycles. The number of benzene rings is 2. The van der Waals surface area contributed by atoms with Crippen LogP contribution in [0.25, 0.3) is 0 Å². The van der Waals surface area contributed by atoms with Crippen molar-refractivity contribution in [3.63, 3.8) is 0 Å². The molecule has 0 atom stereocenters. The number of amides is 1. The van der Waals surface area contributed by atoms with Crippen molar-refractivity contribution in [2.75, 3.05) is 21.3 Å². The van der Waals surface area contributed by atoms with E-state index in [0.717, 1.165) is 11.1 Å². The SMILES string of the molecule is COc1cc(OC)cc(C(=O)NCc2cc(Cl)c(OC)cc2C)c1. The summed E-state index contributed by atoms with van der Waals surface area (Å²) in [4.78, 5) is 12.4. The fraction of sp³-hybridized carbons (Fsp3) is 0.278. The molecule has 0 spiro atoms. The molecule has 0 aliphatic carbocycles. The minimum atomic E-state index is -0.224. The van der Waals surface area contributed by atoms with Crippen LogP contribution in [0.3, 0.4) is 0 Å². The number of carbonyl (C=O) groups is 1. The topological polar surface area (TPSA) is 56.8 Å². The zero-order valence-corrected chi connectivity index (χ0v) is 14.9. The van der Waals surface area contributed by atoms with E-state index in [0.29, 0.717) is 34.4 Å². The predicted octanol–water partition coefficient (Wildman–Crippen LogP) is 3.60. The van der Waals surface area contributed by atoms with Crippen LogP contribution in [-0.4, -0.2) is 27.2 Å². The van der Waals surface area contributed by atoms with E-state index in [1.807, 2.05) is 13.0 Å². The lowest BCUT2D eigenvalue weighted by Gasteiger charge is -2.12. The van der Waals surface area contributed by atoms with E-state index >= 15 is 0 Å². The molecule has 2 rings (SSSR count). The third-order valence-corrected chi connectivity index (χ3v) is 3.96. The molecular weight excluding hydrogens is 330 g/mol. The summed E-state index contributed by atoms with van der Waals surface area (Å²) < 4.78 is 15.5. The van der Waals surface area contributed by atoms with Crippen LogP contribution in [0, 0.1) is 6.92 Å². The first-order valence-corrected chi connectivity index (χ1v) is 7.70. The van der Waals surface area contributed by atoms with Crippen molar-refractivity contribution in [3.8, 4) is 17.2 Å². The molecule has 0 unspecified atom stereocenters. The van der Waals surface area contributed by atoms with E-state index in [2.05, 4.69) is 5.32 Å². The van der Waals surface area contributed by atoms with Crippen molar-refractivity contribution >= 4 is 17.5 Å². The number of carbonyl (C=O) groups excluding carboxylic acids is 1. The molecule has 0 aliphatic rings. The molecule has 24 heavy (non-hydrogen) atoms. The summed E-state index contributed by atoms with van der Waals surface area (Å²) in [5.74, 6) is 1.51. The van der Waals surface area contributed by atoms with E-state index < -0.39 is 0 Å². The van der Waals surface area contributed by atoms with E-state index in [9.17, 15) is 4.79 Å². The van der Waals surface area contributed by atoms with Gasteiger partial charge in [-0.25, -0.2) is 0 Å². The smallest absolute Gasteiger partial charge is 0.251 e. The summed E-state index contributed by atoms with van der Waals surface area (Å²) in [6, 6.07) is 8.67. The van der Waals surface area contributed by atoms with Gasteiger partial charge in [-0.15, -0.1) is 0 Å². The number of rotatable bonds is 6. The molecule has 5 nitrogen and oxygen atoms in total. The van der Waals surface area contributed by atoms with Gasteiger partial charge in [0.1, 0.15) is 17.2 Å². The second-order valence-corrected chi connectivity index (χ2v) is 5.60. The largest absolute Gasteiger partial charge is 0.497 e. The maximum absolute atomic E-state index is 12.4. The highest BCUT2D eigenvalue weighted by Gasteiger charge is 2.11. The maximum atomic E-state index is 12.4. The maximum Gasteiger partial charge on any atom is 0.251 e. The number of hydrogen-bond acceptors (Lipinski definition) is 4. The molecule has 6 heteroatoms. The van der Waals surface area contributed by atoms with E-state index in [-0.39, 0.29) is 5.91 Å². The molecule has 2 aromatic rings. The number of halogens is 1. The van der Waals surface area contributed by atoms with Crippen LogP contribution in [0.4, 0.5) is 0 Å². The van der Waals surface area contributed by atoms with Gasteiger partial charge in [0.25, 0.3) is 5.91 Å². The first-order valence-electron chi connectivity index (χ1n) is 7.32. The third kappa shape index (κ3) is 4.11. The lowest BCUT2D eigenvalue weighted by molar-refractivity contribution is 0.0950. The third-order valence-electron chi connectivity index (χ3n) is 3.66. The summed E-state index contributed by atoms with van der Waals surface area (Å²) in [5.41, 5.74) is 2.37. The highest BCUT2D eigenvalue weighted by Crippen LogP contribution is 2.28. The Morgan fingerprint density at radius 1 is 1.00 bits per heavy atom. The molecule has 1 N–H and O–H groups in total. The number of methoxy groups -OCH3 is 3. The fourth-order valence-electron chi connectivity index (χ4n) is 2.26. The normalized spacial score (nSPS) is 10.2. The summed E-state index contributed by atoms with van der Waals surface area (Å²) in [7, 11) is 4.65. The van der Waals surface area contributed by atoms with Crippen LogP contribution in [0.5, 0.6) is 17.2 Å². The van der Waals surface area contributed by atoms with Crippen molar-refractivity contribution in [3.05, 3.63) is 52.0 Å². The number of ether oxygens (including phenoxy) is 3. The van der Waals surface area contributed by atoms with Gasteiger partial charge in [-0.2, -0.15) is 0 Å². The van der Waals surface area contributed by atoms with Gasteiger partial charge in [0, 0.05) is 18.2 Å². The number of aryl methyl sites for hydroxylation is 1. The summed E-state index contributed by atoms with van der Waals surface area (Å²) in [6.45, 7) is 2.29. The van der Waals surface area contributed by atoms with Crippen LogP contribution >= 0.6 is 11.6 Å². The molecule has 2 aromatic carbocycles. The molecule has 0 saturated heterocycles. The number of nitrogens with one attached hydrogen (secondary N) is 1. The van der Waals surface area contributed by atoms with Gasteiger partial charge in [0.15, 0.2) is 0 Å². The highest BCUT2D eigenvalue weighted by molar-refractivity contribution is 6.32. The van der Waals surface area contributed by atoms with E-state index in [1.165, 1.54) is 0 Å². The minimum absolute atomic E-state index is 0.224. The van der Waals surface area contributed by atoms with Crippen molar-refractivity contribution in [2.45, 2.75) is 13.5 Å². The monoisotopic (exact) mass is 349 g/mol.